The van der Waals surface area contributed by atoms with E-state index in [4.69, 9.17) is 5.11 Å². The van der Waals surface area contributed by atoms with Crippen LogP contribution in [0.2, 0.25) is 0 Å². The highest BCUT2D eigenvalue weighted by molar-refractivity contribution is 9.10. The summed E-state index contributed by atoms with van der Waals surface area (Å²) in [5.74, 6) is -0.185. The first-order valence-electron chi connectivity index (χ1n) is 7.79. The average Bonchev–Trinajstić information content (AvgIpc) is 2.45. The maximum absolute atomic E-state index is 13.1. The zero-order valence-corrected chi connectivity index (χ0v) is 13.8. The predicted octanol–water partition coefficient (Wildman–Crippen LogP) is 5.63. The molecular formula is C17H26BrFO. The zero-order chi connectivity index (χ0) is 14.6. The lowest BCUT2D eigenvalue weighted by atomic mass is 10.0. The van der Waals surface area contributed by atoms with Crippen LogP contribution in [-0.2, 0) is 6.42 Å². The minimum Gasteiger partial charge on any atom is -0.396 e. The lowest BCUT2D eigenvalue weighted by molar-refractivity contribution is 0.282. The Morgan fingerprint density at radius 2 is 1.40 bits per heavy atom. The molecule has 0 aliphatic heterocycles. The molecule has 0 heterocycles. The van der Waals surface area contributed by atoms with Crippen molar-refractivity contribution in [3.8, 4) is 0 Å². The summed E-state index contributed by atoms with van der Waals surface area (Å²) in [6, 6.07) is 5.30. The Morgan fingerprint density at radius 3 is 1.95 bits per heavy atom. The van der Waals surface area contributed by atoms with E-state index in [2.05, 4.69) is 15.9 Å². The van der Waals surface area contributed by atoms with Crippen LogP contribution in [0.4, 0.5) is 4.39 Å². The molecule has 1 aromatic carbocycles. The third kappa shape index (κ3) is 8.01. The maximum Gasteiger partial charge on any atom is 0.137 e. The highest BCUT2D eigenvalue weighted by atomic mass is 79.9. The second-order valence-electron chi connectivity index (χ2n) is 5.40. The third-order valence-electron chi connectivity index (χ3n) is 3.61. The Labute approximate surface area is 130 Å². The molecule has 3 heteroatoms. The minimum absolute atomic E-state index is 0.185. The van der Waals surface area contributed by atoms with Crippen LogP contribution in [0.1, 0.15) is 63.4 Å². The van der Waals surface area contributed by atoms with Gasteiger partial charge in [0.15, 0.2) is 0 Å². The summed E-state index contributed by atoms with van der Waals surface area (Å²) in [6.45, 7) is 0.333. The van der Waals surface area contributed by atoms with Gasteiger partial charge in [-0.3, -0.25) is 0 Å². The van der Waals surface area contributed by atoms with Crippen LogP contribution in [0.3, 0.4) is 0 Å². The number of rotatable bonds is 11. The van der Waals surface area contributed by atoms with Gasteiger partial charge in [-0.15, -0.1) is 0 Å². The number of hydrogen-bond donors (Lipinski definition) is 1. The Morgan fingerprint density at radius 1 is 0.850 bits per heavy atom. The van der Waals surface area contributed by atoms with E-state index >= 15 is 0 Å². The molecule has 0 saturated heterocycles. The van der Waals surface area contributed by atoms with Gasteiger partial charge in [0.2, 0.25) is 0 Å². The van der Waals surface area contributed by atoms with Crippen LogP contribution < -0.4 is 0 Å². The van der Waals surface area contributed by atoms with Crippen LogP contribution in [0.15, 0.2) is 22.7 Å². The van der Waals surface area contributed by atoms with Gasteiger partial charge in [0.25, 0.3) is 0 Å². The molecule has 0 fully saturated rings. The molecule has 0 amide bonds. The summed E-state index contributed by atoms with van der Waals surface area (Å²) >= 11 is 3.22. The molecular weight excluding hydrogens is 319 g/mol. The van der Waals surface area contributed by atoms with Crippen molar-refractivity contribution >= 4 is 15.9 Å². The molecule has 0 bridgehead atoms. The Kier molecular flexibility index (Phi) is 9.94. The second-order valence-corrected chi connectivity index (χ2v) is 6.26. The first-order chi connectivity index (χ1) is 9.74. The van der Waals surface area contributed by atoms with E-state index in [-0.39, 0.29) is 5.82 Å². The highest BCUT2D eigenvalue weighted by Gasteiger charge is 2.00. The van der Waals surface area contributed by atoms with Crippen molar-refractivity contribution in [2.24, 2.45) is 0 Å². The van der Waals surface area contributed by atoms with Crippen LogP contribution in [-0.4, -0.2) is 11.7 Å². The number of benzene rings is 1. The average molecular weight is 345 g/mol. The van der Waals surface area contributed by atoms with E-state index in [9.17, 15) is 4.39 Å². The number of unbranched alkanes of at least 4 members (excludes halogenated alkanes) is 8. The topological polar surface area (TPSA) is 20.2 Å². The molecule has 1 aromatic rings. The molecule has 0 aromatic heterocycles. The number of aliphatic hydroxyl groups is 1. The monoisotopic (exact) mass is 344 g/mol. The van der Waals surface area contributed by atoms with Crippen molar-refractivity contribution in [2.45, 2.75) is 64.2 Å². The highest BCUT2D eigenvalue weighted by Crippen LogP contribution is 2.18. The quantitative estimate of drug-likeness (QED) is 0.515. The molecule has 20 heavy (non-hydrogen) atoms. The Balaban J connectivity index is 1.95. The molecule has 0 unspecified atom stereocenters. The van der Waals surface area contributed by atoms with Gasteiger partial charge < -0.3 is 5.11 Å². The molecule has 0 atom stereocenters. The van der Waals surface area contributed by atoms with Crippen LogP contribution >= 0.6 is 15.9 Å². The van der Waals surface area contributed by atoms with Crippen molar-refractivity contribution in [3.05, 3.63) is 34.1 Å². The third-order valence-corrected chi connectivity index (χ3v) is 4.22. The molecule has 0 spiro atoms. The van der Waals surface area contributed by atoms with Crippen LogP contribution in [0.5, 0.6) is 0 Å². The first-order valence-corrected chi connectivity index (χ1v) is 8.58. The molecule has 0 aliphatic rings. The van der Waals surface area contributed by atoms with Gasteiger partial charge in [-0.1, -0.05) is 51.0 Å². The van der Waals surface area contributed by atoms with Crippen molar-refractivity contribution in [1.29, 1.82) is 0 Å². The Bertz CT molecular complexity index is 368. The number of hydrogen-bond acceptors (Lipinski definition) is 1. The maximum atomic E-state index is 13.1. The fourth-order valence-corrected chi connectivity index (χ4v) is 2.80. The normalized spacial score (nSPS) is 10.9. The lowest BCUT2D eigenvalue weighted by Crippen LogP contribution is -1.88. The van der Waals surface area contributed by atoms with E-state index in [1.165, 1.54) is 56.6 Å². The number of aryl methyl sites for hydroxylation is 1. The van der Waals surface area contributed by atoms with Gasteiger partial charge >= 0.3 is 0 Å². The number of aliphatic hydroxyl groups excluding tert-OH is 1. The summed E-state index contributed by atoms with van der Waals surface area (Å²) in [5, 5.41) is 8.67. The summed E-state index contributed by atoms with van der Waals surface area (Å²) in [7, 11) is 0. The van der Waals surface area contributed by atoms with Crippen molar-refractivity contribution < 1.29 is 9.50 Å². The van der Waals surface area contributed by atoms with Crippen molar-refractivity contribution in [3.63, 3.8) is 0 Å². The summed E-state index contributed by atoms with van der Waals surface area (Å²) in [4.78, 5) is 0. The molecule has 1 rings (SSSR count). The Hall–Kier alpha value is -0.410. The molecule has 114 valence electrons. The predicted molar refractivity (Wildman–Crippen MR) is 86.4 cm³/mol. The van der Waals surface area contributed by atoms with Gasteiger partial charge in [0.05, 0.1) is 4.47 Å². The lowest BCUT2D eigenvalue weighted by Gasteiger charge is -2.04. The molecule has 1 N–H and O–H groups in total. The first kappa shape index (κ1) is 17.6. The molecule has 0 radical (unpaired) electrons. The van der Waals surface area contributed by atoms with Crippen molar-refractivity contribution in [1.82, 2.24) is 0 Å². The molecule has 1 nitrogen and oxygen atoms in total. The fourth-order valence-electron chi connectivity index (χ4n) is 2.37. The fraction of sp³-hybridized carbons (Fsp3) is 0.647. The van der Waals surface area contributed by atoms with Gasteiger partial charge in [-0.05, 0) is 52.9 Å². The number of halogens is 2. The smallest absolute Gasteiger partial charge is 0.137 e. The summed E-state index contributed by atoms with van der Waals surface area (Å²) in [6.07, 6.45) is 12.1. The van der Waals surface area contributed by atoms with E-state index in [1.54, 1.807) is 0 Å². The van der Waals surface area contributed by atoms with Gasteiger partial charge in [-0.25, -0.2) is 4.39 Å². The molecule has 0 saturated carbocycles. The van der Waals surface area contributed by atoms with Crippen LogP contribution in [0, 0.1) is 5.82 Å². The van der Waals surface area contributed by atoms with Gasteiger partial charge in [-0.2, -0.15) is 0 Å². The standard InChI is InChI=1S/C17H26BrFO/c18-16-14-15(11-12-17(16)19)10-8-6-4-2-1-3-5-7-9-13-20/h11-12,14,20H,1-10,13H2. The molecule has 0 aliphatic carbocycles. The van der Waals surface area contributed by atoms with Crippen molar-refractivity contribution in [2.75, 3.05) is 6.61 Å². The minimum atomic E-state index is -0.185. The van der Waals surface area contributed by atoms with E-state index < -0.39 is 0 Å². The summed E-state index contributed by atoms with van der Waals surface area (Å²) in [5.41, 5.74) is 1.21. The van der Waals surface area contributed by atoms with Gasteiger partial charge in [0.1, 0.15) is 5.82 Å². The largest absolute Gasteiger partial charge is 0.396 e. The SMILES string of the molecule is OCCCCCCCCCCCc1ccc(F)c(Br)c1. The van der Waals surface area contributed by atoms with Crippen LogP contribution in [0.25, 0.3) is 0 Å². The summed E-state index contributed by atoms with van der Waals surface area (Å²) < 4.78 is 13.6. The van der Waals surface area contributed by atoms with E-state index in [0.29, 0.717) is 11.1 Å². The van der Waals surface area contributed by atoms with E-state index in [1.807, 2.05) is 12.1 Å². The van der Waals surface area contributed by atoms with E-state index in [0.717, 1.165) is 19.3 Å². The zero-order valence-electron chi connectivity index (χ0n) is 12.2. The van der Waals surface area contributed by atoms with Gasteiger partial charge in [0, 0.05) is 6.61 Å². The second kappa shape index (κ2) is 11.3.